The second-order valence-electron chi connectivity index (χ2n) is 6.47. The van der Waals surface area contributed by atoms with Gasteiger partial charge < -0.3 is 9.84 Å². The lowest BCUT2D eigenvalue weighted by Crippen LogP contribution is -2.05. The van der Waals surface area contributed by atoms with Crippen LogP contribution in [-0.4, -0.2) is 23.5 Å². The molecule has 0 saturated heterocycles. The highest BCUT2D eigenvalue weighted by molar-refractivity contribution is 6.00. The van der Waals surface area contributed by atoms with Crippen molar-refractivity contribution in [2.45, 2.75) is 58.8 Å². The third-order valence-electron chi connectivity index (χ3n) is 4.33. The van der Waals surface area contributed by atoms with E-state index in [1.165, 1.54) is 19.3 Å². The average Bonchev–Trinajstić information content (AvgIpc) is 2.89. The largest absolute Gasteiger partial charge is 0.489 e. The maximum atomic E-state index is 12.0. The zero-order valence-corrected chi connectivity index (χ0v) is 14.6. The quantitative estimate of drug-likeness (QED) is 0.540. The Labute approximate surface area is 143 Å². The Bertz CT molecular complexity index is 643. The van der Waals surface area contributed by atoms with Crippen LogP contribution in [0.1, 0.15) is 67.4 Å². The number of Topliss-reactive ketones (excluding diaryl/α,β-unsaturated/α-hetero) is 1. The van der Waals surface area contributed by atoms with Crippen molar-refractivity contribution in [1.82, 2.24) is 0 Å². The van der Waals surface area contributed by atoms with E-state index in [9.17, 15) is 9.59 Å². The monoisotopic (exact) mass is 330 g/mol. The van der Waals surface area contributed by atoms with Gasteiger partial charge in [0, 0.05) is 18.1 Å². The van der Waals surface area contributed by atoms with Gasteiger partial charge in [0.2, 0.25) is 0 Å². The third-order valence-corrected chi connectivity index (χ3v) is 4.33. The first kappa shape index (κ1) is 18.2. The van der Waals surface area contributed by atoms with Crippen molar-refractivity contribution < 1.29 is 19.4 Å². The van der Waals surface area contributed by atoms with Crippen LogP contribution in [0, 0.1) is 0 Å². The topological polar surface area (TPSA) is 63.6 Å². The Kier molecular flexibility index (Phi) is 6.59. The molecule has 0 bridgehead atoms. The van der Waals surface area contributed by atoms with Crippen molar-refractivity contribution in [3.63, 3.8) is 0 Å². The summed E-state index contributed by atoms with van der Waals surface area (Å²) in [5, 5.41) is 8.79. The molecule has 4 nitrogen and oxygen atoms in total. The molecule has 0 fully saturated rings. The highest BCUT2D eigenvalue weighted by Gasteiger charge is 2.22. The molecular weight excluding hydrogens is 304 g/mol. The number of ketones is 1. The van der Waals surface area contributed by atoms with Crippen molar-refractivity contribution in [2.24, 2.45) is 0 Å². The van der Waals surface area contributed by atoms with Crippen molar-refractivity contribution in [3.05, 3.63) is 40.5 Å². The van der Waals surface area contributed by atoms with Crippen LogP contribution in [0.3, 0.4) is 0 Å². The lowest BCUT2D eigenvalue weighted by Gasteiger charge is -2.14. The molecule has 0 radical (unpaired) electrons. The summed E-state index contributed by atoms with van der Waals surface area (Å²) in [6.45, 7) is 4.14. The summed E-state index contributed by atoms with van der Waals surface area (Å²) in [6, 6.07) is 3.96. The summed E-state index contributed by atoms with van der Waals surface area (Å²) >= 11 is 0. The van der Waals surface area contributed by atoms with E-state index in [2.05, 4.69) is 13.0 Å². The molecule has 0 heterocycles. The van der Waals surface area contributed by atoms with Gasteiger partial charge in [-0.3, -0.25) is 4.79 Å². The van der Waals surface area contributed by atoms with Crippen LogP contribution >= 0.6 is 0 Å². The van der Waals surface area contributed by atoms with Crippen LogP contribution in [0.4, 0.5) is 0 Å². The fourth-order valence-electron chi connectivity index (χ4n) is 3.04. The van der Waals surface area contributed by atoms with Crippen LogP contribution < -0.4 is 4.74 Å². The fraction of sp³-hybridized carbons (Fsp3) is 0.500. The number of carbonyl (C=O) groups excluding carboxylic acids is 1. The molecule has 1 aliphatic rings. The molecular formula is C20H26O4. The normalized spacial score (nSPS) is 13.9. The molecule has 0 aromatic heterocycles. The summed E-state index contributed by atoms with van der Waals surface area (Å²) in [5.74, 6) is -0.0798. The molecule has 0 unspecified atom stereocenters. The zero-order chi connectivity index (χ0) is 17.5. The summed E-state index contributed by atoms with van der Waals surface area (Å²) in [4.78, 5) is 22.7. The number of ether oxygens (including phenoxy) is 1. The van der Waals surface area contributed by atoms with Crippen LogP contribution in [0.2, 0.25) is 0 Å². The maximum absolute atomic E-state index is 12.0. The standard InChI is InChI=1S/C20H26O4/c1-3-4-5-6-7-16-11-15-8-9-18(21)17(15)12-19(16)24-13-14(2)10-20(22)23/h10-12H,3-9,13H2,1-2H3,(H,22,23)/b14-10+. The molecule has 1 aliphatic carbocycles. The van der Waals surface area contributed by atoms with E-state index in [4.69, 9.17) is 9.84 Å². The Morgan fingerprint density at radius 2 is 2.04 bits per heavy atom. The maximum Gasteiger partial charge on any atom is 0.328 e. The minimum absolute atomic E-state index is 0.171. The van der Waals surface area contributed by atoms with Gasteiger partial charge in [-0.15, -0.1) is 0 Å². The predicted octanol–water partition coefficient (Wildman–Crippen LogP) is 4.35. The zero-order valence-electron chi connectivity index (χ0n) is 14.6. The Morgan fingerprint density at radius 3 is 2.75 bits per heavy atom. The minimum Gasteiger partial charge on any atom is -0.489 e. The van der Waals surface area contributed by atoms with E-state index < -0.39 is 5.97 Å². The van der Waals surface area contributed by atoms with Gasteiger partial charge in [0.1, 0.15) is 12.4 Å². The predicted molar refractivity (Wildman–Crippen MR) is 93.8 cm³/mol. The Balaban J connectivity index is 2.14. The molecule has 1 N–H and O–H groups in total. The fourth-order valence-corrected chi connectivity index (χ4v) is 3.04. The molecule has 1 aromatic carbocycles. The van der Waals surface area contributed by atoms with Crippen LogP contribution in [0.5, 0.6) is 5.75 Å². The van der Waals surface area contributed by atoms with Gasteiger partial charge in [0.15, 0.2) is 5.78 Å². The Hall–Kier alpha value is -2.10. The first-order chi connectivity index (χ1) is 11.5. The van der Waals surface area contributed by atoms with Gasteiger partial charge in [-0.2, -0.15) is 0 Å². The van der Waals surface area contributed by atoms with E-state index in [0.717, 1.165) is 47.8 Å². The van der Waals surface area contributed by atoms with Gasteiger partial charge in [-0.25, -0.2) is 4.79 Å². The van der Waals surface area contributed by atoms with E-state index in [1.54, 1.807) is 6.92 Å². The number of unbranched alkanes of at least 4 members (excludes halogenated alkanes) is 3. The van der Waals surface area contributed by atoms with Crippen LogP contribution in [0.25, 0.3) is 0 Å². The highest BCUT2D eigenvalue weighted by atomic mass is 16.5. The lowest BCUT2D eigenvalue weighted by atomic mass is 10.00. The van der Waals surface area contributed by atoms with Gasteiger partial charge in [-0.05, 0) is 49.0 Å². The van der Waals surface area contributed by atoms with Crippen LogP contribution in [0.15, 0.2) is 23.8 Å². The summed E-state index contributed by atoms with van der Waals surface area (Å²) in [6.07, 6.45) is 8.17. The second-order valence-corrected chi connectivity index (χ2v) is 6.47. The van der Waals surface area contributed by atoms with Crippen molar-refractivity contribution in [1.29, 1.82) is 0 Å². The molecule has 0 saturated carbocycles. The number of fused-ring (bicyclic) bond motifs is 1. The lowest BCUT2D eigenvalue weighted by molar-refractivity contribution is -0.131. The second kappa shape index (κ2) is 8.67. The molecule has 1 aromatic rings. The highest BCUT2D eigenvalue weighted by Crippen LogP contribution is 2.31. The van der Waals surface area contributed by atoms with Crippen molar-refractivity contribution in [2.75, 3.05) is 6.61 Å². The van der Waals surface area contributed by atoms with Gasteiger partial charge >= 0.3 is 5.97 Å². The summed E-state index contributed by atoms with van der Waals surface area (Å²) in [5.41, 5.74) is 3.66. The number of rotatable bonds is 9. The number of hydrogen-bond donors (Lipinski definition) is 1. The first-order valence-corrected chi connectivity index (χ1v) is 8.73. The number of carbonyl (C=O) groups is 2. The van der Waals surface area contributed by atoms with E-state index in [0.29, 0.717) is 12.0 Å². The van der Waals surface area contributed by atoms with Gasteiger partial charge in [0.25, 0.3) is 0 Å². The number of carboxylic acids is 1. The number of aliphatic carboxylic acids is 1. The number of aryl methyl sites for hydroxylation is 2. The number of hydrogen-bond acceptors (Lipinski definition) is 3. The summed E-state index contributed by atoms with van der Waals surface area (Å²) < 4.78 is 5.85. The minimum atomic E-state index is -0.972. The molecule has 0 aliphatic heterocycles. The SMILES string of the molecule is CCCCCCc1cc2c(cc1OC/C(C)=C/C(=O)O)C(=O)CC2. The average molecular weight is 330 g/mol. The summed E-state index contributed by atoms with van der Waals surface area (Å²) in [7, 11) is 0. The third kappa shape index (κ3) is 4.95. The molecule has 2 rings (SSSR count). The van der Waals surface area contributed by atoms with Crippen LogP contribution in [-0.2, 0) is 17.6 Å². The molecule has 0 amide bonds. The van der Waals surface area contributed by atoms with E-state index >= 15 is 0 Å². The smallest absolute Gasteiger partial charge is 0.328 e. The molecule has 0 spiro atoms. The van der Waals surface area contributed by atoms with Crippen molar-refractivity contribution >= 4 is 11.8 Å². The van der Waals surface area contributed by atoms with Gasteiger partial charge in [-0.1, -0.05) is 32.3 Å². The number of carboxylic acid groups (broad SMARTS) is 1. The van der Waals surface area contributed by atoms with Gasteiger partial charge in [0.05, 0.1) is 0 Å². The molecule has 4 heteroatoms. The number of benzene rings is 1. The van der Waals surface area contributed by atoms with E-state index in [-0.39, 0.29) is 12.4 Å². The van der Waals surface area contributed by atoms with E-state index in [1.807, 2.05) is 6.07 Å². The molecule has 0 atom stereocenters. The first-order valence-electron chi connectivity index (χ1n) is 8.73. The molecule has 130 valence electrons. The molecule has 24 heavy (non-hydrogen) atoms. The van der Waals surface area contributed by atoms with Crippen molar-refractivity contribution in [3.8, 4) is 5.75 Å². The Morgan fingerprint density at radius 1 is 1.25 bits per heavy atom.